The second-order valence-electron chi connectivity index (χ2n) is 6.89. The van der Waals surface area contributed by atoms with Crippen molar-refractivity contribution in [3.05, 3.63) is 48.5 Å². The zero-order valence-corrected chi connectivity index (χ0v) is 17.5. The third-order valence-corrected chi connectivity index (χ3v) is 10.4. The van der Waals surface area contributed by atoms with Gasteiger partial charge in [-0.25, -0.2) is 0 Å². The number of hydrogen-bond donors (Lipinski definition) is 2. The van der Waals surface area contributed by atoms with Crippen LogP contribution in [0.25, 0.3) is 0 Å². The van der Waals surface area contributed by atoms with Crippen molar-refractivity contribution >= 4 is 38.0 Å². The predicted octanol–water partition coefficient (Wildman–Crippen LogP) is 2.83. The summed E-state index contributed by atoms with van der Waals surface area (Å²) in [4.78, 5) is -0.737. The van der Waals surface area contributed by atoms with Gasteiger partial charge < -0.3 is 4.57 Å². The van der Waals surface area contributed by atoms with Crippen LogP contribution >= 0.6 is 7.14 Å². The summed E-state index contributed by atoms with van der Waals surface area (Å²) in [5.41, 5.74) is -0.283. The van der Waals surface area contributed by atoms with E-state index in [2.05, 4.69) is 0 Å². The molecule has 0 spiro atoms. The minimum absolute atomic E-state index is 0.238. The fourth-order valence-electron chi connectivity index (χ4n) is 3.72. The third-order valence-electron chi connectivity index (χ3n) is 5.09. The summed E-state index contributed by atoms with van der Waals surface area (Å²) in [5.74, 6) is 0. The van der Waals surface area contributed by atoms with Gasteiger partial charge in [0.2, 0.25) is 0 Å². The summed E-state index contributed by atoms with van der Waals surface area (Å²) in [6, 6.07) is 10.7. The van der Waals surface area contributed by atoms with Crippen LogP contribution in [-0.2, 0) is 24.8 Å². The molecular formula is C18H21O7PS2. The summed E-state index contributed by atoms with van der Waals surface area (Å²) in [6.45, 7) is 0. The Kier molecular flexibility index (Phi) is 5.85. The van der Waals surface area contributed by atoms with Crippen LogP contribution in [0.1, 0.15) is 32.1 Å². The summed E-state index contributed by atoms with van der Waals surface area (Å²) >= 11 is 0. The minimum atomic E-state index is -4.49. The van der Waals surface area contributed by atoms with Gasteiger partial charge in [0.05, 0.1) is 9.79 Å². The maximum absolute atomic E-state index is 14.4. The lowest BCUT2D eigenvalue weighted by Gasteiger charge is -2.31. The molecule has 1 aliphatic carbocycles. The Balaban J connectivity index is 2.25. The van der Waals surface area contributed by atoms with Gasteiger partial charge in [-0.15, -0.1) is 0 Å². The first-order chi connectivity index (χ1) is 13.0. The van der Waals surface area contributed by atoms with E-state index in [0.717, 1.165) is 19.3 Å². The topological polar surface area (TPSA) is 126 Å². The highest BCUT2D eigenvalue weighted by atomic mass is 32.2. The molecule has 3 rings (SSSR count). The van der Waals surface area contributed by atoms with Crippen molar-refractivity contribution in [2.75, 3.05) is 0 Å². The number of rotatable bonds is 5. The van der Waals surface area contributed by atoms with Gasteiger partial charge in [-0.05, 0) is 37.1 Å². The quantitative estimate of drug-likeness (QED) is 0.536. The zero-order valence-electron chi connectivity index (χ0n) is 14.9. The molecule has 152 valence electrons. The van der Waals surface area contributed by atoms with Gasteiger partial charge in [-0.2, -0.15) is 16.8 Å². The van der Waals surface area contributed by atoms with E-state index in [0.29, 0.717) is 12.8 Å². The monoisotopic (exact) mass is 444 g/mol. The summed E-state index contributed by atoms with van der Waals surface area (Å²) in [6.07, 6.45) is 4.05. The van der Waals surface area contributed by atoms with E-state index in [1.807, 2.05) is 0 Å². The summed E-state index contributed by atoms with van der Waals surface area (Å²) in [5, 5.41) is 0.476. The Morgan fingerprint density at radius 1 is 0.750 bits per heavy atom. The van der Waals surface area contributed by atoms with E-state index in [9.17, 15) is 30.5 Å². The van der Waals surface area contributed by atoms with Crippen LogP contribution in [0.3, 0.4) is 0 Å². The molecule has 7 nitrogen and oxygen atoms in total. The SMILES string of the molecule is O=P(c1cccc(S(=O)(=O)O)c1)(c1cccc(S(=O)(=O)O)c1)C1CCCCC1. The minimum Gasteiger partial charge on any atom is -0.313 e. The standard InChI is InChI=1S/C18H21O7PS2/c19-26(14-6-2-1-3-7-14,15-8-4-10-17(12-15)27(20,21)22)16-9-5-11-18(13-16)28(23,24)25/h4-5,8-14H,1-3,6-7H2,(H,20,21,22)(H,23,24,25). The van der Waals surface area contributed by atoms with Gasteiger partial charge in [-0.3, -0.25) is 9.11 Å². The highest BCUT2D eigenvalue weighted by Crippen LogP contribution is 2.54. The molecule has 0 radical (unpaired) electrons. The van der Waals surface area contributed by atoms with E-state index in [1.165, 1.54) is 48.5 Å². The lowest BCUT2D eigenvalue weighted by Crippen LogP contribution is -2.28. The highest BCUT2D eigenvalue weighted by molar-refractivity contribution is 7.86. The van der Waals surface area contributed by atoms with Crippen molar-refractivity contribution in [3.63, 3.8) is 0 Å². The normalized spacial score (nSPS) is 16.8. The molecule has 10 heteroatoms. The molecule has 2 aromatic carbocycles. The van der Waals surface area contributed by atoms with Crippen molar-refractivity contribution in [1.82, 2.24) is 0 Å². The fraction of sp³-hybridized carbons (Fsp3) is 0.333. The highest BCUT2D eigenvalue weighted by Gasteiger charge is 2.38. The van der Waals surface area contributed by atoms with Crippen LogP contribution in [0.4, 0.5) is 0 Å². The molecule has 1 fully saturated rings. The van der Waals surface area contributed by atoms with Crippen LogP contribution in [-0.4, -0.2) is 31.6 Å². The van der Waals surface area contributed by atoms with Crippen LogP contribution in [0, 0.1) is 0 Å². The molecule has 0 bridgehead atoms. The van der Waals surface area contributed by atoms with Gasteiger partial charge in [0.25, 0.3) is 20.2 Å². The molecule has 0 unspecified atom stereocenters. The molecule has 0 amide bonds. The van der Waals surface area contributed by atoms with Crippen LogP contribution in [0.2, 0.25) is 0 Å². The molecule has 0 heterocycles. The molecule has 0 aliphatic heterocycles. The molecule has 1 aliphatic rings. The van der Waals surface area contributed by atoms with Gasteiger partial charge in [-0.1, -0.05) is 43.5 Å². The average molecular weight is 444 g/mol. The van der Waals surface area contributed by atoms with Gasteiger partial charge >= 0.3 is 0 Å². The first kappa shape index (κ1) is 21.2. The van der Waals surface area contributed by atoms with Crippen molar-refractivity contribution < 1.29 is 30.5 Å². The van der Waals surface area contributed by atoms with E-state index < -0.39 is 27.4 Å². The molecule has 28 heavy (non-hydrogen) atoms. The molecule has 0 aromatic heterocycles. The smallest absolute Gasteiger partial charge is 0.294 e. The van der Waals surface area contributed by atoms with Gasteiger partial charge in [0, 0.05) is 16.3 Å². The zero-order chi connectivity index (χ0) is 20.6. The Morgan fingerprint density at radius 2 is 1.18 bits per heavy atom. The molecule has 2 N–H and O–H groups in total. The van der Waals surface area contributed by atoms with E-state index in [-0.39, 0.29) is 26.1 Å². The van der Waals surface area contributed by atoms with Crippen molar-refractivity contribution in [2.45, 2.75) is 47.6 Å². The lowest BCUT2D eigenvalue weighted by molar-refractivity contribution is 0.481. The first-order valence-corrected chi connectivity index (χ1v) is 13.4. The predicted molar refractivity (Wildman–Crippen MR) is 106 cm³/mol. The third kappa shape index (κ3) is 4.23. The molecule has 0 atom stereocenters. The second kappa shape index (κ2) is 7.72. The Hall–Kier alpha value is -1.51. The molecule has 2 aromatic rings. The largest absolute Gasteiger partial charge is 0.313 e. The van der Waals surface area contributed by atoms with E-state index in [4.69, 9.17) is 0 Å². The van der Waals surface area contributed by atoms with Crippen molar-refractivity contribution in [2.24, 2.45) is 0 Å². The Morgan fingerprint density at radius 3 is 1.57 bits per heavy atom. The molecular weight excluding hydrogens is 423 g/mol. The maximum Gasteiger partial charge on any atom is 0.294 e. The maximum atomic E-state index is 14.4. The van der Waals surface area contributed by atoms with Crippen LogP contribution < -0.4 is 10.6 Å². The molecule has 0 saturated heterocycles. The number of benzene rings is 2. The van der Waals surface area contributed by atoms with Crippen molar-refractivity contribution in [3.8, 4) is 0 Å². The van der Waals surface area contributed by atoms with Crippen molar-refractivity contribution in [1.29, 1.82) is 0 Å². The van der Waals surface area contributed by atoms with Crippen LogP contribution in [0.5, 0.6) is 0 Å². The van der Waals surface area contributed by atoms with Gasteiger partial charge in [0.1, 0.15) is 7.14 Å². The second-order valence-corrected chi connectivity index (χ2v) is 12.8. The van der Waals surface area contributed by atoms with E-state index in [1.54, 1.807) is 0 Å². The fourth-order valence-corrected chi connectivity index (χ4v) is 8.45. The average Bonchev–Trinajstić information content (AvgIpc) is 2.67. The van der Waals surface area contributed by atoms with Crippen LogP contribution in [0.15, 0.2) is 58.3 Å². The Labute approximate surface area is 164 Å². The Bertz CT molecular complexity index is 1050. The molecule has 1 saturated carbocycles. The van der Waals surface area contributed by atoms with Gasteiger partial charge in [0.15, 0.2) is 0 Å². The van der Waals surface area contributed by atoms with E-state index >= 15 is 0 Å². The first-order valence-electron chi connectivity index (χ1n) is 8.79. The lowest BCUT2D eigenvalue weighted by atomic mass is 10.0. The summed E-state index contributed by atoms with van der Waals surface area (Å²) in [7, 11) is -12.4. The summed E-state index contributed by atoms with van der Waals surface area (Å²) < 4.78 is 79.4. The number of hydrogen-bond acceptors (Lipinski definition) is 5.